The Morgan fingerprint density at radius 2 is 2.12 bits per heavy atom. The summed E-state index contributed by atoms with van der Waals surface area (Å²) in [7, 11) is 2.04. The van der Waals surface area contributed by atoms with Gasteiger partial charge in [-0.05, 0) is 31.4 Å². The van der Waals surface area contributed by atoms with Gasteiger partial charge in [0.05, 0.1) is 18.6 Å². The molecule has 1 amide bonds. The fraction of sp³-hybridized carbons (Fsp3) is 0.474. The van der Waals surface area contributed by atoms with Crippen LogP contribution in [0.4, 0.5) is 5.69 Å². The van der Waals surface area contributed by atoms with Gasteiger partial charge >= 0.3 is 0 Å². The second kappa shape index (κ2) is 6.06. The van der Waals surface area contributed by atoms with Gasteiger partial charge in [-0.15, -0.1) is 0 Å². The van der Waals surface area contributed by atoms with Crippen LogP contribution in [0.2, 0.25) is 0 Å². The molecule has 0 saturated carbocycles. The molecule has 0 saturated heterocycles. The lowest BCUT2D eigenvalue weighted by Crippen LogP contribution is -2.48. The number of imidazole rings is 1. The Morgan fingerprint density at radius 1 is 1.29 bits per heavy atom. The normalized spacial score (nSPS) is 20.6. The van der Waals surface area contributed by atoms with Crippen LogP contribution in [-0.4, -0.2) is 39.5 Å². The average Bonchev–Trinajstić information content (AvgIpc) is 2.95. The van der Waals surface area contributed by atoms with E-state index >= 15 is 0 Å². The molecule has 0 unspecified atom stereocenters. The lowest BCUT2D eigenvalue weighted by molar-refractivity contribution is -0.120. The van der Waals surface area contributed by atoms with Gasteiger partial charge in [0.1, 0.15) is 0 Å². The summed E-state index contributed by atoms with van der Waals surface area (Å²) in [6.45, 7) is 4.31. The lowest BCUT2D eigenvalue weighted by atomic mass is 9.96. The minimum atomic E-state index is 0.203. The van der Waals surface area contributed by atoms with Crippen molar-refractivity contribution in [3.05, 3.63) is 47.5 Å². The first kappa shape index (κ1) is 15.4. The molecule has 0 N–H and O–H groups in total. The van der Waals surface area contributed by atoms with E-state index in [-0.39, 0.29) is 11.9 Å². The third kappa shape index (κ3) is 2.63. The standard InChI is InChI=1S/C19H24N4O/c1-14-7-8-15-5-3-4-6-17(15)23(14)19(24)12-22-10-9-18-16(11-22)20-13-21(18)2/h3-6,13-14H,7-12H2,1-2H3/t14-/m1/s1. The number of hydrogen-bond acceptors (Lipinski definition) is 3. The van der Waals surface area contributed by atoms with Crippen LogP contribution in [0.5, 0.6) is 0 Å². The molecule has 1 atom stereocenters. The molecule has 0 spiro atoms. The Morgan fingerprint density at radius 3 is 3.00 bits per heavy atom. The molecule has 0 aliphatic carbocycles. The molecule has 1 aromatic heterocycles. The topological polar surface area (TPSA) is 41.4 Å². The quantitative estimate of drug-likeness (QED) is 0.850. The molecule has 0 bridgehead atoms. The van der Waals surface area contributed by atoms with Gasteiger partial charge < -0.3 is 9.47 Å². The van der Waals surface area contributed by atoms with Gasteiger partial charge in [-0.1, -0.05) is 18.2 Å². The Bertz CT molecular complexity index is 766. The van der Waals surface area contributed by atoms with Gasteiger partial charge in [-0.25, -0.2) is 4.98 Å². The highest BCUT2D eigenvalue weighted by molar-refractivity contribution is 5.96. The number of fused-ring (bicyclic) bond motifs is 2. The summed E-state index contributed by atoms with van der Waals surface area (Å²) in [6, 6.07) is 8.57. The number of carbonyl (C=O) groups is 1. The van der Waals surface area contributed by atoms with Gasteiger partial charge in [-0.3, -0.25) is 9.69 Å². The average molecular weight is 324 g/mol. The minimum Gasteiger partial charge on any atom is -0.337 e. The van der Waals surface area contributed by atoms with Crippen LogP contribution in [0.3, 0.4) is 0 Å². The number of carbonyl (C=O) groups excluding carboxylic acids is 1. The van der Waals surface area contributed by atoms with E-state index in [4.69, 9.17) is 0 Å². The third-order valence-corrected chi connectivity index (χ3v) is 5.33. The molecule has 1 aromatic carbocycles. The Balaban J connectivity index is 1.51. The summed E-state index contributed by atoms with van der Waals surface area (Å²) < 4.78 is 2.09. The fourth-order valence-corrected chi connectivity index (χ4v) is 3.98. The maximum atomic E-state index is 13.0. The maximum absolute atomic E-state index is 13.0. The highest BCUT2D eigenvalue weighted by atomic mass is 16.2. The van der Waals surface area contributed by atoms with Gasteiger partial charge in [-0.2, -0.15) is 0 Å². The molecular weight excluding hydrogens is 300 g/mol. The van der Waals surface area contributed by atoms with E-state index in [1.165, 1.54) is 11.3 Å². The zero-order chi connectivity index (χ0) is 16.7. The van der Waals surface area contributed by atoms with Crippen molar-refractivity contribution in [3.8, 4) is 0 Å². The highest BCUT2D eigenvalue weighted by Crippen LogP contribution is 2.30. The zero-order valence-electron chi connectivity index (χ0n) is 14.4. The number of amides is 1. The minimum absolute atomic E-state index is 0.203. The smallest absolute Gasteiger partial charge is 0.241 e. The Hall–Kier alpha value is -2.14. The molecule has 4 rings (SSSR count). The number of rotatable bonds is 2. The number of anilines is 1. The predicted molar refractivity (Wildman–Crippen MR) is 93.9 cm³/mol. The van der Waals surface area contributed by atoms with Crippen LogP contribution in [0.15, 0.2) is 30.6 Å². The van der Waals surface area contributed by atoms with Gasteiger partial charge in [0.15, 0.2) is 0 Å². The van der Waals surface area contributed by atoms with E-state index in [2.05, 4.69) is 39.6 Å². The van der Waals surface area contributed by atoms with Crippen LogP contribution >= 0.6 is 0 Å². The summed E-state index contributed by atoms with van der Waals surface area (Å²) in [6.07, 6.45) is 4.93. The largest absolute Gasteiger partial charge is 0.337 e. The summed E-state index contributed by atoms with van der Waals surface area (Å²) >= 11 is 0. The summed E-state index contributed by atoms with van der Waals surface area (Å²) in [5.41, 5.74) is 4.80. The molecule has 126 valence electrons. The van der Waals surface area contributed by atoms with Crippen molar-refractivity contribution in [2.75, 3.05) is 18.0 Å². The molecule has 2 aliphatic rings. The first-order valence-corrected chi connectivity index (χ1v) is 8.75. The van der Waals surface area contributed by atoms with Crippen molar-refractivity contribution in [2.24, 2.45) is 7.05 Å². The fourth-order valence-electron chi connectivity index (χ4n) is 3.98. The van der Waals surface area contributed by atoms with Gasteiger partial charge in [0, 0.05) is 44.0 Å². The van der Waals surface area contributed by atoms with E-state index in [0.717, 1.165) is 43.7 Å². The molecule has 0 radical (unpaired) electrons. The van der Waals surface area contributed by atoms with Crippen LogP contribution in [0.25, 0.3) is 0 Å². The summed E-state index contributed by atoms with van der Waals surface area (Å²) in [4.78, 5) is 21.7. The van der Waals surface area contributed by atoms with E-state index in [1.54, 1.807) is 0 Å². The summed E-state index contributed by atoms with van der Waals surface area (Å²) in [5, 5.41) is 0. The monoisotopic (exact) mass is 324 g/mol. The van der Waals surface area contributed by atoms with E-state index in [0.29, 0.717) is 6.54 Å². The van der Waals surface area contributed by atoms with E-state index < -0.39 is 0 Å². The van der Waals surface area contributed by atoms with E-state index in [9.17, 15) is 4.79 Å². The molecule has 5 heteroatoms. The molecule has 3 heterocycles. The number of nitrogens with zero attached hydrogens (tertiary/aromatic N) is 4. The van der Waals surface area contributed by atoms with Crippen molar-refractivity contribution >= 4 is 11.6 Å². The molecule has 0 fully saturated rings. The van der Waals surface area contributed by atoms with Gasteiger partial charge in [0.2, 0.25) is 5.91 Å². The lowest BCUT2D eigenvalue weighted by Gasteiger charge is -2.37. The third-order valence-electron chi connectivity index (χ3n) is 5.33. The zero-order valence-corrected chi connectivity index (χ0v) is 14.4. The molecule has 5 nitrogen and oxygen atoms in total. The van der Waals surface area contributed by atoms with Crippen LogP contribution in [0, 0.1) is 0 Å². The second-order valence-electron chi connectivity index (χ2n) is 6.99. The summed E-state index contributed by atoms with van der Waals surface area (Å²) in [5.74, 6) is 0.203. The van der Waals surface area contributed by atoms with Crippen LogP contribution in [0.1, 0.15) is 30.3 Å². The predicted octanol–water partition coefficient (Wildman–Crippen LogP) is 2.15. The number of aromatic nitrogens is 2. The number of para-hydroxylation sites is 1. The first-order chi connectivity index (χ1) is 11.6. The maximum Gasteiger partial charge on any atom is 0.241 e. The van der Waals surface area contributed by atoms with Crippen molar-refractivity contribution < 1.29 is 4.79 Å². The number of benzene rings is 1. The molecule has 24 heavy (non-hydrogen) atoms. The second-order valence-corrected chi connectivity index (χ2v) is 6.99. The van der Waals surface area contributed by atoms with Crippen molar-refractivity contribution in [1.82, 2.24) is 14.5 Å². The number of aryl methyl sites for hydroxylation is 2. The van der Waals surface area contributed by atoms with E-state index in [1.807, 2.05) is 24.3 Å². The SMILES string of the molecule is C[C@@H]1CCc2ccccc2N1C(=O)CN1CCc2c(ncn2C)C1. The highest BCUT2D eigenvalue weighted by Gasteiger charge is 2.30. The van der Waals surface area contributed by atoms with Crippen molar-refractivity contribution in [2.45, 2.75) is 38.8 Å². The van der Waals surface area contributed by atoms with Crippen molar-refractivity contribution in [3.63, 3.8) is 0 Å². The van der Waals surface area contributed by atoms with Crippen molar-refractivity contribution in [1.29, 1.82) is 0 Å². The van der Waals surface area contributed by atoms with Crippen LogP contribution in [-0.2, 0) is 31.2 Å². The first-order valence-electron chi connectivity index (χ1n) is 8.75. The van der Waals surface area contributed by atoms with Crippen LogP contribution < -0.4 is 4.90 Å². The Kier molecular flexibility index (Phi) is 3.88. The Labute approximate surface area is 142 Å². The molecule has 2 aromatic rings. The van der Waals surface area contributed by atoms with Gasteiger partial charge in [0.25, 0.3) is 0 Å². The molecular formula is C19H24N4O. The molecule has 2 aliphatic heterocycles. The number of hydrogen-bond donors (Lipinski definition) is 0.